The molecular weight excluding hydrogens is 384 g/mol. The quantitative estimate of drug-likeness (QED) is 0.515. The molecule has 1 N–H and O–H groups in total. The average molecular weight is 407 g/mol. The molecule has 4 rings (SSSR count). The Morgan fingerprint density at radius 2 is 1.69 bits per heavy atom. The van der Waals surface area contributed by atoms with E-state index in [-0.39, 0.29) is 0 Å². The number of aromatic amines is 1. The Kier molecular flexibility index (Phi) is 4.88. The number of hydrogen-bond acceptors (Lipinski definition) is 4. The van der Waals surface area contributed by atoms with Crippen LogP contribution >= 0.6 is 0 Å². The van der Waals surface area contributed by atoms with E-state index in [4.69, 9.17) is 4.74 Å². The van der Waals surface area contributed by atoms with Crippen molar-refractivity contribution in [2.45, 2.75) is 25.3 Å². The highest BCUT2D eigenvalue weighted by Gasteiger charge is 2.15. The van der Waals surface area contributed by atoms with Gasteiger partial charge >= 0.3 is 0 Å². The largest absolute Gasteiger partial charge is 0.486 e. The summed E-state index contributed by atoms with van der Waals surface area (Å²) in [6.45, 7) is 4.40. The van der Waals surface area contributed by atoms with Gasteiger partial charge in [-0.25, -0.2) is 13.4 Å². The number of nitrogens with one attached hydrogen (secondary N) is 1. The minimum absolute atomic E-state index is 0.317. The summed E-state index contributed by atoms with van der Waals surface area (Å²) in [4.78, 5) is 8.17. The minimum Gasteiger partial charge on any atom is -0.486 e. The number of sulfone groups is 1. The van der Waals surface area contributed by atoms with Gasteiger partial charge in [-0.3, -0.25) is 0 Å². The van der Waals surface area contributed by atoms with Gasteiger partial charge in [-0.15, -0.1) is 0 Å². The third-order valence-corrected chi connectivity index (χ3v) is 5.85. The highest BCUT2D eigenvalue weighted by atomic mass is 32.2. The lowest BCUT2D eigenvalue weighted by Crippen LogP contribution is -1.99. The zero-order valence-electron chi connectivity index (χ0n) is 16.6. The summed E-state index contributed by atoms with van der Waals surface area (Å²) in [6, 6.07) is 18.8. The molecule has 29 heavy (non-hydrogen) atoms. The van der Waals surface area contributed by atoms with E-state index in [1.807, 2.05) is 56.3 Å². The van der Waals surface area contributed by atoms with Gasteiger partial charge in [-0.2, -0.15) is 0 Å². The lowest BCUT2D eigenvalue weighted by molar-refractivity contribution is 0.297. The van der Waals surface area contributed by atoms with Crippen LogP contribution in [0.5, 0.6) is 5.75 Å². The lowest BCUT2D eigenvalue weighted by Gasteiger charge is -2.08. The zero-order chi connectivity index (χ0) is 20.6. The van der Waals surface area contributed by atoms with Crippen molar-refractivity contribution in [1.29, 1.82) is 0 Å². The van der Waals surface area contributed by atoms with Crippen LogP contribution in [-0.2, 0) is 16.4 Å². The van der Waals surface area contributed by atoms with Crippen molar-refractivity contribution >= 4 is 20.9 Å². The third kappa shape index (κ3) is 4.17. The molecule has 0 fully saturated rings. The van der Waals surface area contributed by atoms with Crippen LogP contribution in [-0.4, -0.2) is 24.6 Å². The van der Waals surface area contributed by atoms with Gasteiger partial charge in [0, 0.05) is 11.8 Å². The Morgan fingerprint density at radius 3 is 2.41 bits per heavy atom. The van der Waals surface area contributed by atoms with E-state index in [1.54, 1.807) is 12.1 Å². The maximum atomic E-state index is 12.1. The monoisotopic (exact) mass is 406 g/mol. The van der Waals surface area contributed by atoms with Crippen LogP contribution in [0.3, 0.4) is 0 Å². The van der Waals surface area contributed by atoms with Crippen molar-refractivity contribution in [1.82, 2.24) is 9.97 Å². The molecule has 0 saturated carbocycles. The van der Waals surface area contributed by atoms with Crippen molar-refractivity contribution in [2.24, 2.45) is 0 Å². The maximum Gasteiger partial charge on any atom is 0.176 e. The van der Waals surface area contributed by atoms with Gasteiger partial charge in [0.1, 0.15) is 18.2 Å². The van der Waals surface area contributed by atoms with E-state index >= 15 is 0 Å². The number of fused-ring (bicyclic) bond motifs is 1. The molecule has 0 amide bonds. The van der Waals surface area contributed by atoms with E-state index in [2.05, 4.69) is 16.0 Å². The first kappa shape index (κ1) is 19.2. The van der Waals surface area contributed by atoms with Crippen molar-refractivity contribution in [3.05, 3.63) is 77.6 Å². The number of rotatable bonds is 5. The first-order chi connectivity index (χ1) is 13.8. The average Bonchev–Trinajstić information content (AvgIpc) is 3.07. The number of ether oxygens (including phenoxy) is 1. The first-order valence-electron chi connectivity index (χ1n) is 9.29. The van der Waals surface area contributed by atoms with E-state index in [0.717, 1.165) is 33.5 Å². The molecule has 1 heterocycles. The van der Waals surface area contributed by atoms with E-state index in [1.165, 1.54) is 6.26 Å². The highest BCUT2D eigenvalue weighted by molar-refractivity contribution is 7.90. The van der Waals surface area contributed by atoms with Crippen molar-refractivity contribution in [3.8, 4) is 16.9 Å². The molecule has 0 bridgehead atoms. The Labute approximate surface area is 170 Å². The van der Waals surface area contributed by atoms with Crippen LogP contribution in [0.2, 0.25) is 0 Å². The van der Waals surface area contributed by atoms with Crippen molar-refractivity contribution in [3.63, 3.8) is 0 Å². The van der Waals surface area contributed by atoms with E-state index in [0.29, 0.717) is 22.9 Å². The highest BCUT2D eigenvalue weighted by Crippen LogP contribution is 2.29. The fourth-order valence-electron chi connectivity index (χ4n) is 3.49. The molecule has 0 radical (unpaired) electrons. The summed E-state index contributed by atoms with van der Waals surface area (Å²) < 4.78 is 30.1. The minimum atomic E-state index is -3.32. The Hall–Kier alpha value is -3.12. The molecule has 0 aliphatic carbocycles. The summed E-state index contributed by atoms with van der Waals surface area (Å²) >= 11 is 0. The van der Waals surface area contributed by atoms with Gasteiger partial charge in [0.05, 0.1) is 15.9 Å². The molecule has 148 valence electrons. The van der Waals surface area contributed by atoms with Gasteiger partial charge in [0.25, 0.3) is 0 Å². The Morgan fingerprint density at radius 1 is 0.966 bits per heavy atom. The zero-order valence-corrected chi connectivity index (χ0v) is 17.4. The maximum absolute atomic E-state index is 12.1. The van der Waals surface area contributed by atoms with Crippen LogP contribution < -0.4 is 4.74 Å². The van der Waals surface area contributed by atoms with Crippen molar-refractivity contribution < 1.29 is 13.2 Å². The van der Waals surface area contributed by atoms with Crippen molar-refractivity contribution in [2.75, 3.05) is 6.26 Å². The Balaban J connectivity index is 1.64. The first-order valence-corrected chi connectivity index (χ1v) is 11.2. The molecule has 0 spiro atoms. The van der Waals surface area contributed by atoms with Gasteiger partial charge in [-0.05, 0) is 60.9 Å². The summed E-state index contributed by atoms with van der Waals surface area (Å²) in [5, 5.41) is 0. The SMILES string of the molecule is Cc1cc(C)cc(OCc2nc3ccc(-c4ccccc4S(C)(=O)=O)cc3[nH]2)c1. The summed E-state index contributed by atoms with van der Waals surface area (Å²) in [5.41, 5.74) is 5.45. The fraction of sp³-hybridized carbons (Fsp3) is 0.174. The van der Waals surface area contributed by atoms with Crippen LogP contribution in [0.4, 0.5) is 0 Å². The molecule has 0 atom stereocenters. The molecule has 0 aliphatic heterocycles. The topological polar surface area (TPSA) is 72.0 Å². The number of nitrogens with zero attached hydrogens (tertiary/aromatic N) is 1. The molecule has 5 nitrogen and oxygen atoms in total. The predicted molar refractivity (Wildman–Crippen MR) is 115 cm³/mol. The standard InChI is InChI=1S/C23H22N2O3S/c1-15-10-16(2)12-18(11-15)28-14-23-24-20-9-8-17(13-21(20)25-23)19-6-4-5-7-22(19)29(3,26)27/h4-13H,14H2,1-3H3,(H,24,25). The molecule has 0 saturated heterocycles. The smallest absolute Gasteiger partial charge is 0.176 e. The molecular formula is C23H22N2O3S. The van der Waals surface area contributed by atoms with E-state index in [9.17, 15) is 8.42 Å². The molecule has 3 aromatic carbocycles. The van der Waals surface area contributed by atoms with Gasteiger partial charge in [-0.1, -0.05) is 30.3 Å². The Bertz CT molecular complexity index is 1290. The van der Waals surface area contributed by atoms with Gasteiger partial charge in [0.2, 0.25) is 0 Å². The number of imidazole rings is 1. The molecule has 4 aromatic rings. The number of aromatic nitrogens is 2. The fourth-order valence-corrected chi connectivity index (χ4v) is 4.41. The number of benzene rings is 3. The second kappa shape index (κ2) is 7.37. The normalized spacial score (nSPS) is 11.7. The molecule has 6 heteroatoms. The second-order valence-electron chi connectivity index (χ2n) is 7.30. The van der Waals surface area contributed by atoms with E-state index < -0.39 is 9.84 Å². The van der Waals surface area contributed by atoms with Crippen LogP contribution in [0.25, 0.3) is 22.2 Å². The summed E-state index contributed by atoms with van der Waals surface area (Å²) in [7, 11) is -3.32. The number of H-pyrrole nitrogens is 1. The second-order valence-corrected chi connectivity index (χ2v) is 9.28. The molecule has 0 unspecified atom stereocenters. The van der Waals surface area contributed by atoms with Crippen LogP contribution in [0.15, 0.2) is 65.6 Å². The third-order valence-electron chi connectivity index (χ3n) is 4.70. The number of aryl methyl sites for hydroxylation is 2. The predicted octanol–water partition coefficient (Wildman–Crippen LogP) is 4.83. The lowest BCUT2D eigenvalue weighted by atomic mass is 10.1. The summed E-state index contributed by atoms with van der Waals surface area (Å²) in [6.07, 6.45) is 1.23. The van der Waals surface area contributed by atoms with Crippen LogP contribution in [0, 0.1) is 13.8 Å². The molecule has 1 aromatic heterocycles. The van der Waals surface area contributed by atoms with Gasteiger partial charge in [0.15, 0.2) is 9.84 Å². The van der Waals surface area contributed by atoms with Gasteiger partial charge < -0.3 is 9.72 Å². The molecule has 0 aliphatic rings. The summed E-state index contributed by atoms with van der Waals surface area (Å²) in [5.74, 6) is 1.53. The van der Waals surface area contributed by atoms with Crippen LogP contribution in [0.1, 0.15) is 17.0 Å². The number of hydrogen-bond donors (Lipinski definition) is 1.